The highest BCUT2D eigenvalue weighted by atomic mass is 19.1. The highest BCUT2D eigenvalue weighted by molar-refractivity contribution is 5.92. The van der Waals surface area contributed by atoms with E-state index in [0.717, 1.165) is 17.7 Å². The summed E-state index contributed by atoms with van der Waals surface area (Å²) >= 11 is 0. The highest BCUT2D eigenvalue weighted by Gasteiger charge is 2.15. The molecule has 0 fully saturated rings. The molecule has 2 aromatic carbocycles. The number of para-hydroxylation sites is 1. The third-order valence-corrected chi connectivity index (χ3v) is 3.91. The molecule has 5 heteroatoms. The molecule has 0 spiro atoms. The Kier molecular flexibility index (Phi) is 5.90. The van der Waals surface area contributed by atoms with E-state index < -0.39 is 23.2 Å². The van der Waals surface area contributed by atoms with Gasteiger partial charge in [-0.2, -0.15) is 0 Å². The predicted octanol–water partition coefficient (Wildman–Crippen LogP) is 4.33. The van der Waals surface area contributed by atoms with Gasteiger partial charge in [0, 0.05) is 6.54 Å². The zero-order valence-corrected chi connectivity index (χ0v) is 15.1. The molecule has 0 saturated heterocycles. The normalized spacial score (nSPS) is 11.6. The average molecular weight is 346 g/mol. The van der Waals surface area contributed by atoms with Crippen LogP contribution in [0.5, 0.6) is 0 Å². The second-order valence-electron chi connectivity index (χ2n) is 7.26. The van der Waals surface area contributed by atoms with Crippen LogP contribution in [0.15, 0.2) is 42.5 Å². The lowest BCUT2D eigenvalue weighted by Crippen LogP contribution is -2.30. The second-order valence-corrected chi connectivity index (χ2v) is 7.26. The van der Waals surface area contributed by atoms with Gasteiger partial charge in [0.25, 0.3) is 0 Å². The summed E-state index contributed by atoms with van der Waals surface area (Å²) in [5.41, 5.74) is 2.00. The molecule has 0 heterocycles. The van der Waals surface area contributed by atoms with E-state index in [2.05, 4.69) is 38.2 Å². The summed E-state index contributed by atoms with van der Waals surface area (Å²) in [6, 6.07) is 11.7. The van der Waals surface area contributed by atoms with Crippen LogP contribution in [0.3, 0.4) is 0 Å². The molecule has 0 bridgehead atoms. The molecule has 134 valence electrons. The van der Waals surface area contributed by atoms with Crippen LogP contribution in [-0.2, 0) is 16.8 Å². The SMILES string of the molecule is CN(CC(=O)Nc1c(F)cccc1F)Cc1ccc(C(C)(C)C)cc1. The number of carbonyl (C=O) groups is 1. The first kappa shape index (κ1) is 19.1. The lowest BCUT2D eigenvalue weighted by Gasteiger charge is -2.20. The molecule has 3 nitrogen and oxygen atoms in total. The van der Waals surface area contributed by atoms with Crippen molar-refractivity contribution >= 4 is 11.6 Å². The molecular weight excluding hydrogens is 322 g/mol. The van der Waals surface area contributed by atoms with Gasteiger partial charge in [-0.1, -0.05) is 51.1 Å². The Bertz CT molecular complexity index is 716. The van der Waals surface area contributed by atoms with Crippen LogP contribution in [0, 0.1) is 11.6 Å². The Balaban J connectivity index is 1.93. The summed E-state index contributed by atoms with van der Waals surface area (Å²) in [4.78, 5) is 13.8. The molecule has 0 aromatic heterocycles. The van der Waals surface area contributed by atoms with Crippen molar-refractivity contribution in [2.45, 2.75) is 32.7 Å². The summed E-state index contributed by atoms with van der Waals surface area (Å²) in [5, 5.41) is 2.29. The monoisotopic (exact) mass is 346 g/mol. The van der Waals surface area contributed by atoms with Gasteiger partial charge in [0.15, 0.2) is 0 Å². The van der Waals surface area contributed by atoms with Gasteiger partial charge in [-0.25, -0.2) is 8.78 Å². The third kappa shape index (κ3) is 5.36. The van der Waals surface area contributed by atoms with Crippen molar-refractivity contribution in [3.05, 3.63) is 65.2 Å². The van der Waals surface area contributed by atoms with Crippen molar-refractivity contribution in [1.29, 1.82) is 0 Å². The summed E-state index contributed by atoms with van der Waals surface area (Å²) in [6.45, 7) is 7.06. The van der Waals surface area contributed by atoms with Crippen molar-refractivity contribution in [2.75, 3.05) is 18.9 Å². The van der Waals surface area contributed by atoms with Crippen LogP contribution >= 0.6 is 0 Å². The van der Waals surface area contributed by atoms with Gasteiger partial charge in [0.2, 0.25) is 5.91 Å². The maximum absolute atomic E-state index is 13.6. The zero-order chi connectivity index (χ0) is 18.6. The quantitative estimate of drug-likeness (QED) is 0.874. The number of rotatable bonds is 5. The third-order valence-electron chi connectivity index (χ3n) is 3.91. The van der Waals surface area contributed by atoms with Crippen LogP contribution in [0.4, 0.5) is 14.5 Å². The number of carbonyl (C=O) groups excluding carboxylic acids is 1. The van der Waals surface area contributed by atoms with Crippen molar-refractivity contribution < 1.29 is 13.6 Å². The van der Waals surface area contributed by atoms with E-state index in [1.54, 1.807) is 11.9 Å². The number of likely N-dealkylation sites (N-methyl/N-ethyl adjacent to an activating group) is 1. The molecule has 1 amide bonds. The van der Waals surface area contributed by atoms with Gasteiger partial charge in [-0.05, 0) is 35.7 Å². The highest BCUT2D eigenvalue weighted by Crippen LogP contribution is 2.22. The number of nitrogens with zero attached hydrogens (tertiary/aromatic N) is 1. The molecule has 2 aromatic rings. The molecular formula is C20H24F2N2O. The molecule has 25 heavy (non-hydrogen) atoms. The predicted molar refractivity (Wildman–Crippen MR) is 96.5 cm³/mol. The topological polar surface area (TPSA) is 32.3 Å². The maximum atomic E-state index is 13.6. The Morgan fingerprint density at radius 3 is 2.12 bits per heavy atom. The summed E-state index contributed by atoms with van der Waals surface area (Å²) in [6.07, 6.45) is 0. The lowest BCUT2D eigenvalue weighted by atomic mass is 9.87. The second kappa shape index (κ2) is 7.74. The standard InChI is InChI=1S/C20H24F2N2O/c1-20(2,3)15-10-8-14(9-11-15)12-24(4)13-18(25)23-19-16(21)6-5-7-17(19)22/h5-11H,12-13H2,1-4H3,(H,23,25). The molecule has 0 aliphatic carbocycles. The Hall–Kier alpha value is -2.27. The smallest absolute Gasteiger partial charge is 0.238 e. The van der Waals surface area contributed by atoms with Gasteiger partial charge < -0.3 is 5.32 Å². The fourth-order valence-corrected chi connectivity index (χ4v) is 2.52. The number of amides is 1. The van der Waals surface area contributed by atoms with E-state index in [9.17, 15) is 13.6 Å². The number of anilines is 1. The summed E-state index contributed by atoms with van der Waals surface area (Å²) in [5.74, 6) is -2.03. The van der Waals surface area contributed by atoms with Crippen molar-refractivity contribution in [3.8, 4) is 0 Å². The van der Waals surface area contributed by atoms with Gasteiger partial charge in [0.05, 0.1) is 6.54 Å². The first-order valence-electron chi connectivity index (χ1n) is 8.18. The van der Waals surface area contributed by atoms with E-state index in [0.29, 0.717) is 6.54 Å². The molecule has 0 saturated carbocycles. The van der Waals surface area contributed by atoms with E-state index in [-0.39, 0.29) is 12.0 Å². The van der Waals surface area contributed by atoms with Crippen LogP contribution in [0.2, 0.25) is 0 Å². The van der Waals surface area contributed by atoms with E-state index in [1.165, 1.54) is 11.6 Å². The molecule has 0 aliphatic rings. The maximum Gasteiger partial charge on any atom is 0.238 e. The molecule has 0 atom stereocenters. The van der Waals surface area contributed by atoms with Crippen LogP contribution in [0.1, 0.15) is 31.9 Å². The molecule has 2 rings (SSSR count). The van der Waals surface area contributed by atoms with Crippen molar-refractivity contribution in [3.63, 3.8) is 0 Å². The number of benzene rings is 2. The minimum atomic E-state index is -0.784. The minimum Gasteiger partial charge on any atom is -0.320 e. The van der Waals surface area contributed by atoms with Crippen LogP contribution in [-0.4, -0.2) is 24.4 Å². The number of hydrogen-bond acceptors (Lipinski definition) is 2. The Morgan fingerprint density at radius 2 is 1.60 bits per heavy atom. The summed E-state index contributed by atoms with van der Waals surface area (Å²) in [7, 11) is 1.79. The van der Waals surface area contributed by atoms with Gasteiger partial charge in [-0.3, -0.25) is 9.69 Å². The minimum absolute atomic E-state index is 0.0365. The average Bonchev–Trinajstić information content (AvgIpc) is 2.50. The molecule has 0 radical (unpaired) electrons. The summed E-state index contributed by atoms with van der Waals surface area (Å²) < 4.78 is 27.1. The van der Waals surface area contributed by atoms with Gasteiger partial charge in [0.1, 0.15) is 17.3 Å². The van der Waals surface area contributed by atoms with Gasteiger partial charge >= 0.3 is 0 Å². The van der Waals surface area contributed by atoms with E-state index in [4.69, 9.17) is 0 Å². The molecule has 1 N–H and O–H groups in total. The van der Waals surface area contributed by atoms with E-state index >= 15 is 0 Å². The van der Waals surface area contributed by atoms with Crippen molar-refractivity contribution in [2.24, 2.45) is 0 Å². The first-order chi connectivity index (χ1) is 11.7. The zero-order valence-electron chi connectivity index (χ0n) is 15.1. The van der Waals surface area contributed by atoms with Crippen LogP contribution in [0.25, 0.3) is 0 Å². The fraction of sp³-hybridized carbons (Fsp3) is 0.350. The number of halogens is 2. The Labute approximate surface area is 147 Å². The Morgan fingerprint density at radius 1 is 1.04 bits per heavy atom. The van der Waals surface area contributed by atoms with Crippen LogP contribution < -0.4 is 5.32 Å². The number of nitrogens with one attached hydrogen (secondary N) is 1. The van der Waals surface area contributed by atoms with Crippen molar-refractivity contribution in [1.82, 2.24) is 4.90 Å². The lowest BCUT2D eigenvalue weighted by molar-refractivity contribution is -0.117. The largest absolute Gasteiger partial charge is 0.320 e. The first-order valence-corrected chi connectivity index (χ1v) is 8.18. The number of hydrogen-bond donors (Lipinski definition) is 1. The fourth-order valence-electron chi connectivity index (χ4n) is 2.52. The van der Waals surface area contributed by atoms with E-state index in [1.807, 2.05) is 12.1 Å². The molecule has 0 unspecified atom stereocenters. The molecule has 0 aliphatic heterocycles. The van der Waals surface area contributed by atoms with Gasteiger partial charge in [-0.15, -0.1) is 0 Å².